The van der Waals surface area contributed by atoms with E-state index in [1.807, 2.05) is 6.92 Å². The third-order valence-electron chi connectivity index (χ3n) is 4.70. The maximum Gasteiger partial charge on any atom is 0.257 e. The molecule has 8 nitrogen and oxygen atoms in total. The Morgan fingerprint density at radius 3 is 2.81 bits per heavy atom. The Balaban J connectivity index is 1.82. The highest BCUT2D eigenvalue weighted by molar-refractivity contribution is 5.95. The average Bonchev–Trinajstić information content (AvgIpc) is 2.91. The highest BCUT2D eigenvalue weighted by Gasteiger charge is 2.26. The topological polar surface area (TPSA) is 80.4 Å². The van der Waals surface area contributed by atoms with Crippen molar-refractivity contribution in [2.24, 2.45) is 0 Å². The lowest BCUT2D eigenvalue weighted by molar-refractivity contribution is -0.132. The third kappa shape index (κ3) is 3.54. The van der Waals surface area contributed by atoms with Gasteiger partial charge in [0.1, 0.15) is 6.54 Å². The van der Waals surface area contributed by atoms with Gasteiger partial charge in [-0.15, -0.1) is 0 Å². The van der Waals surface area contributed by atoms with Gasteiger partial charge in [0, 0.05) is 38.9 Å². The molecule has 1 aliphatic rings. The molecule has 2 aromatic rings. The van der Waals surface area contributed by atoms with Gasteiger partial charge in [-0.05, 0) is 19.4 Å². The Kier molecular flexibility index (Phi) is 5.20. The third-order valence-corrected chi connectivity index (χ3v) is 4.70. The van der Waals surface area contributed by atoms with Crippen LogP contribution in [-0.4, -0.2) is 56.1 Å². The molecule has 0 fully saturated rings. The predicted octanol–water partition coefficient (Wildman–Crippen LogP) is 0.569. The van der Waals surface area contributed by atoms with Gasteiger partial charge in [0.2, 0.25) is 5.91 Å². The Morgan fingerprint density at radius 1 is 1.27 bits per heavy atom. The van der Waals surface area contributed by atoms with Gasteiger partial charge >= 0.3 is 0 Å². The zero-order valence-corrected chi connectivity index (χ0v) is 15.1. The molecule has 0 bridgehead atoms. The van der Waals surface area contributed by atoms with Crippen molar-refractivity contribution in [1.29, 1.82) is 0 Å². The summed E-state index contributed by atoms with van der Waals surface area (Å²) in [5, 5.41) is 4.32. The Labute approximate surface area is 151 Å². The number of carbonyl (C=O) groups excluding carboxylic acids is 2. The van der Waals surface area contributed by atoms with E-state index in [-0.39, 0.29) is 23.9 Å². The zero-order valence-electron chi connectivity index (χ0n) is 15.1. The molecule has 1 aliphatic heterocycles. The number of pyridine rings is 1. The number of carbonyl (C=O) groups is 2. The number of amides is 2. The van der Waals surface area contributed by atoms with Gasteiger partial charge in [0.15, 0.2) is 0 Å². The maximum atomic E-state index is 12.7. The molecule has 0 aromatic carbocycles. The van der Waals surface area contributed by atoms with Gasteiger partial charge in [0.05, 0.1) is 24.0 Å². The number of aryl methyl sites for hydroxylation is 1. The number of aromatic nitrogens is 3. The van der Waals surface area contributed by atoms with Crippen LogP contribution in [0.3, 0.4) is 0 Å². The second-order valence-electron chi connectivity index (χ2n) is 6.38. The van der Waals surface area contributed by atoms with Crippen molar-refractivity contribution in [3.8, 4) is 0 Å². The fourth-order valence-electron chi connectivity index (χ4n) is 3.02. The minimum absolute atomic E-state index is 0.00798. The van der Waals surface area contributed by atoms with Crippen molar-refractivity contribution in [2.45, 2.75) is 33.0 Å². The van der Waals surface area contributed by atoms with E-state index in [0.29, 0.717) is 31.7 Å². The van der Waals surface area contributed by atoms with Gasteiger partial charge in [-0.2, -0.15) is 5.10 Å². The largest absolute Gasteiger partial charge is 0.342 e. The van der Waals surface area contributed by atoms with Crippen molar-refractivity contribution >= 4 is 11.8 Å². The summed E-state index contributed by atoms with van der Waals surface area (Å²) in [5.41, 5.74) is 1.08. The van der Waals surface area contributed by atoms with Crippen molar-refractivity contribution in [3.63, 3.8) is 0 Å². The average molecular weight is 357 g/mol. The molecule has 0 radical (unpaired) electrons. The second kappa shape index (κ2) is 7.55. The summed E-state index contributed by atoms with van der Waals surface area (Å²) in [4.78, 5) is 40.4. The molecular weight excluding hydrogens is 334 g/mol. The smallest absolute Gasteiger partial charge is 0.257 e. The standard InChI is InChI=1S/C18H23N5O3/c1-3-20(2)18(26)14-11-19-23-10-6-9-21(12-15(14)23)17(25)13-22-8-5-4-7-16(22)24/h4-5,7-8,11H,3,6,9-10,12-13H2,1-2H3. The minimum Gasteiger partial charge on any atom is -0.342 e. The van der Waals surface area contributed by atoms with Crippen LogP contribution in [0.1, 0.15) is 29.4 Å². The molecule has 138 valence electrons. The van der Waals surface area contributed by atoms with Crippen LogP contribution in [0.2, 0.25) is 0 Å². The maximum absolute atomic E-state index is 12.7. The summed E-state index contributed by atoms with van der Waals surface area (Å²) < 4.78 is 3.19. The highest BCUT2D eigenvalue weighted by atomic mass is 16.2. The van der Waals surface area contributed by atoms with E-state index in [2.05, 4.69) is 5.10 Å². The van der Waals surface area contributed by atoms with Gasteiger partial charge in [-0.3, -0.25) is 19.1 Å². The monoisotopic (exact) mass is 357 g/mol. The van der Waals surface area contributed by atoms with Crippen LogP contribution in [0.15, 0.2) is 35.4 Å². The highest BCUT2D eigenvalue weighted by Crippen LogP contribution is 2.18. The van der Waals surface area contributed by atoms with Crippen LogP contribution in [-0.2, 0) is 24.4 Å². The van der Waals surface area contributed by atoms with E-state index < -0.39 is 0 Å². The molecule has 26 heavy (non-hydrogen) atoms. The van der Waals surface area contributed by atoms with Crippen LogP contribution in [0.25, 0.3) is 0 Å². The van der Waals surface area contributed by atoms with Crippen molar-refractivity contribution in [1.82, 2.24) is 24.1 Å². The number of nitrogens with zero attached hydrogens (tertiary/aromatic N) is 5. The molecule has 0 unspecified atom stereocenters. The molecule has 3 heterocycles. The van der Waals surface area contributed by atoms with Crippen molar-refractivity contribution in [3.05, 3.63) is 52.2 Å². The Bertz CT molecular complexity index is 870. The predicted molar refractivity (Wildman–Crippen MR) is 95.6 cm³/mol. The lowest BCUT2D eigenvalue weighted by atomic mass is 10.2. The lowest BCUT2D eigenvalue weighted by Gasteiger charge is -2.21. The first-order valence-electron chi connectivity index (χ1n) is 8.74. The zero-order chi connectivity index (χ0) is 18.7. The fourth-order valence-corrected chi connectivity index (χ4v) is 3.02. The Morgan fingerprint density at radius 2 is 2.08 bits per heavy atom. The van der Waals surface area contributed by atoms with Gasteiger partial charge in [-0.25, -0.2) is 0 Å². The van der Waals surface area contributed by atoms with E-state index in [9.17, 15) is 14.4 Å². The van der Waals surface area contributed by atoms with E-state index in [4.69, 9.17) is 0 Å². The molecule has 0 spiro atoms. The summed E-state index contributed by atoms with van der Waals surface area (Å²) >= 11 is 0. The molecule has 0 aliphatic carbocycles. The first kappa shape index (κ1) is 17.9. The summed E-state index contributed by atoms with van der Waals surface area (Å²) in [6.07, 6.45) is 3.94. The molecule has 2 aromatic heterocycles. The first-order valence-corrected chi connectivity index (χ1v) is 8.74. The number of fused-ring (bicyclic) bond motifs is 1. The summed E-state index contributed by atoms with van der Waals surface area (Å²) in [7, 11) is 1.74. The van der Waals surface area contributed by atoms with Gasteiger partial charge in [0.25, 0.3) is 11.5 Å². The molecule has 0 saturated carbocycles. The number of hydrogen-bond acceptors (Lipinski definition) is 4. The van der Waals surface area contributed by atoms with E-state index in [1.54, 1.807) is 46.1 Å². The van der Waals surface area contributed by atoms with Gasteiger partial charge in [-0.1, -0.05) is 6.07 Å². The number of hydrogen-bond donors (Lipinski definition) is 0. The minimum atomic E-state index is -0.207. The molecule has 3 rings (SSSR count). The van der Waals surface area contributed by atoms with Crippen LogP contribution >= 0.6 is 0 Å². The SMILES string of the molecule is CCN(C)C(=O)c1cnn2c1CN(C(=O)Cn1ccccc1=O)CCC2. The van der Waals surface area contributed by atoms with Crippen LogP contribution in [0.4, 0.5) is 0 Å². The molecule has 0 saturated heterocycles. The summed E-state index contributed by atoms with van der Waals surface area (Å²) in [5.74, 6) is -0.238. The molecular formula is C18H23N5O3. The second-order valence-corrected chi connectivity index (χ2v) is 6.38. The lowest BCUT2D eigenvalue weighted by Crippen LogP contribution is -2.36. The summed E-state index contributed by atoms with van der Waals surface area (Å²) in [6.45, 7) is 4.05. The molecule has 0 atom stereocenters. The molecule has 2 amide bonds. The summed E-state index contributed by atoms with van der Waals surface area (Å²) in [6, 6.07) is 4.81. The van der Waals surface area contributed by atoms with E-state index in [1.165, 1.54) is 10.6 Å². The van der Waals surface area contributed by atoms with Gasteiger partial charge < -0.3 is 14.4 Å². The van der Waals surface area contributed by atoms with Crippen LogP contribution in [0, 0.1) is 0 Å². The van der Waals surface area contributed by atoms with Crippen LogP contribution in [0.5, 0.6) is 0 Å². The van der Waals surface area contributed by atoms with E-state index >= 15 is 0 Å². The molecule has 0 N–H and O–H groups in total. The quantitative estimate of drug-likeness (QED) is 0.801. The van der Waals surface area contributed by atoms with E-state index in [0.717, 1.165) is 12.1 Å². The van der Waals surface area contributed by atoms with Crippen molar-refractivity contribution in [2.75, 3.05) is 20.1 Å². The Hall–Kier alpha value is -2.90. The first-order chi connectivity index (χ1) is 12.5. The molecule has 8 heteroatoms. The number of rotatable bonds is 4. The van der Waals surface area contributed by atoms with Crippen LogP contribution < -0.4 is 5.56 Å². The van der Waals surface area contributed by atoms with Crippen molar-refractivity contribution < 1.29 is 9.59 Å². The normalized spacial score (nSPS) is 13.8. The fraction of sp³-hybridized carbons (Fsp3) is 0.444.